The Labute approximate surface area is 110 Å². The van der Waals surface area contributed by atoms with Crippen molar-refractivity contribution in [3.63, 3.8) is 0 Å². The molecule has 0 radical (unpaired) electrons. The van der Waals surface area contributed by atoms with Crippen molar-refractivity contribution in [2.75, 3.05) is 13.1 Å². The minimum Gasteiger partial charge on any atom is -0.441 e. The third kappa shape index (κ3) is 2.34. The van der Waals surface area contributed by atoms with E-state index >= 15 is 0 Å². The summed E-state index contributed by atoms with van der Waals surface area (Å²) in [5, 5.41) is 7.50. The highest BCUT2D eigenvalue weighted by molar-refractivity contribution is 5.75. The molecule has 3 aromatic heterocycles. The van der Waals surface area contributed by atoms with E-state index in [0.29, 0.717) is 0 Å². The minimum atomic E-state index is 0.731. The topological polar surface area (TPSA) is 68.2 Å². The number of rotatable bonds is 5. The molecule has 3 aromatic rings. The van der Waals surface area contributed by atoms with Crippen LogP contribution >= 0.6 is 0 Å². The lowest BCUT2D eigenvalue weighted by atomic mass is 10.2. The molecule has 6 heteroatoms. The van der Waals surface area contributed by atoms with Gasteiger partial charge in [-0.3, -0.25) is 4.98 Å². The maximum absolute atomic E-state index is 5.75. The van der Waals surface area contributed by atoms with Gasteiger partial charge in [-0.25, -0.2) is 9.50 Å². The monoisotopic (exact) mass is 257 g/mol. The molecule has 0 bridgehead atoms. The van der Waals surface area contributed by atoms with E-state index in [4.69, 9.17) is 4.42 Å². The second-order valence-corrected chi connectivity index (χ2v) is 4.19. The number of oxazole rings is 1. The molecule has 0 unspecified atom stereocenters. The molecule has 0 fully saturated rings. The van der Waals surface area contributed by atoms with Crippen LogP contribution in [0.1, 0.15) is 12.8 Å². The molecule has 0 aliphatic rings. The standard InChI is InChI=1S/C13H15N5O/c1-2-14-4-3-13-16-9-12(19-13)10-7-17-18-6-5-15-8-11(10)18/h5-9,14H,2-4H2,1H3. The molecule has 0 atom stereocenters. The van der Waals surface area contributed by atoms with E-state index in [1.54, 1.807) is 35.5 Å². The molecule has 19 heavy (non-hydrogen) atoms. The molecule has 0 saturated carbocycles. The van der Waals surface area contributed by atoms with E-state index in [1.165, 1.54) is 0 Å². The molecule has 98 valence electrons. The number of nitrogens with zero attached hydrogens (tertiary/aromatic N) is 4. The fourth-order valence-corrected chi connectivity index (χ4v) is 1.95. The number of fused-ring (bicyclic) bond motifs is 1. The van der Waals surface area contributed by atoms with Crippen molar-refractivity contribution >= 4 is 5.52 Å². The Bertz CT molecular complexity index is 672. The van der Waals surface area contributed by atoms with Crippen LogP contribution in [0.15, 0.2) is 35.4 Å². The highest BCUT2D eigenvalue weighted by atomic mass is 16.4. The number of hydrogen-bond acceptors (Lipinski definition) is 5. The summed E-state index contributed by atoms with van der Waals surface area (Å²) in [6, 6.07) is 0. The van der Waals surface area contributed by atoms with E-state index in [0.717, 1.165) is 42.2 Å². The molecule has 0 spiro atoms. The van der Waals surface area contributed by atoms with Crippen LogP contribution in [0.4, 0.5) is 0 Å². The van der Waals surface area contributed by atoms with Crippen LogP contribution in [0, 0.1) is 0 Å². The number of nitrogens with one attached hydrogen (secondary N) is 1. The maximum Gasteiger partial charge on any atom is 0.196 e. The molecule has 1 N–H and O–H groups in total. The summed E-state index contributed by atoms with van der Waals surface area (Å²) in [6.07, 6.45) is 9.57. The number of likely N-dealkylation sites (N-methyl/N-ethyl adjacent to an activating group) is 1. The molecule has 3 heterocycles. The van der Waals surface area contributed by atoms with Crippen molar-refractivity contribution in [2.24, 2.45) is 0 Å². The van der Waals surface area contributed by atoms with Gasteiger partial charge < -0.3 is 9.73 Å². The second-order valence-electron chi connectivity index (χ2n) is 4.19. The Morgan fingerprint density at radius 1 is 1.32 bits per heavy atom. The van der Waals surface area contributed by atoms with Crippen LogP contribution in [0.25, 0.3) is 16.8 Å². The average Bonchev–Trinajstić information content (AvgIpc) is 3.05. The lowest BCUT2D eigenvalue weighted by Crippen LogP contribution is -2.16. The Morgan fingerprint density at radius 3 is 3.16 bits per heavy atom. The van der Waals surface area contributed by atoms with Gasteiger partial charge in [0.15, 0.2) is 11.7 Å². The summed E-state index contributed by atoms with van der Waals surface area (Å²) in [4.78, 5) is 8.39. The first-order valence-electron chi connectivity index (χ1n) is 6.31. The van der Waals surface area contributed by atoms with Crippen molar-refractivity contribution in [3.8, 4) is 11.3 Å². The third-order valence-corrected chi connectivity index (χ3v) is 2.91. The molecule has 3 rings (SSSR count). The second kappa shape index (κ2) is 5.19. The summed E-state index contributed by atoms with van der Waals surface area (Å²) < 4.78 is 7.52. The predicted molar refractivity (Wildman–Crippen MR) is 70.7 cm³/mol. The largest absolute Gasteiger partial charge is 0.441 e. The van der Waals surface area contributed by atoms with Crippen LogP contribution in [0.5, 0.6) is 0 Å². The summed E-state index contributed by atoms with van der Waals surface area (Å²) in [5.41, 5.74) is 1.83. The molecular weight excluding hydrogens is 242 g/mol. The van der Waals surface area contributed by atoms with Gasteiger partial charge in [-0.05, 0) is 6.54 Å². The first-order chi connectivity index (χ1) is 9.38. The molecular formula is C13H15N5O. The molecule has 0 aliphatic carbocycles. The van der Waals surface area contributed by atoms with Gasteiger partial charge in [0.1, 0.15) is 0 Å². The first-order valence-corrected chi connectivity index (χ1v) is 6.31. The lowest BCUT2D eigenvalue weighted by molar-refractivity contribution is 0.497. The zero-order chi connectivity index (χ0) is 13.1. The van der Waals surface area contributed by atoms with Gasteiger partial charge in [0.2, 0.25) is 0 Å². The quantitative estimate of drug-likeness (QED) is 0.702. The highest BCUT2D eigenvalue weighted by Gasteiger charge is 2.11. The molecule has 6 nitrogen and oxygen atoms in total. The SMILES string of the molecule is CCNCCc1ncc(-c2cnn3ccncc23)o1. The van der Waals surface area contributed by atoms with E-state index in [2.05, 4.69) is 27.3 Å². The van der Waals surface area contributed by atoms with E-state index in [1.807, 2.05) is 0 Å². The summed E-state index contributed by atoms with van der Waals surface area (Å²) in [5.74, 6) is 1.47. The Morgan fingerprint density at radius 2 is 2.26 bits per heavy atom. The van der Waals surface area contributed by atoms with Gasteiger partial charge in [-0.2, -0.15) is 5.10 Å². The molecule has 0 aliphatic heterocycles. The van der Waals surface area contributed by atoms with Gasteiger partial charge in [0.25, 0.3) is 0 Å². The first kappa shape index (κ1) is 11.9. The highest BCUT2D eigenvalue weighted by Crippen LogP contribution is 2.24. The van der Waals surface area contributed by atoms with Crippen molar-refractivity contribution in [1.29, 1.82) is 0 Å². The average molecular weight is 257 g/mol. The normalized spacial score (nSPS) is 11.2. The van der Waals surface area contributed by atoms with Gasteiger partial charge >= 0.3 is 0 Å². The number of aromatic nitrogens is 4. The van der Waals surface area contributed by atoms with Gasteiger partial charge in [-0.1, -0.05) is 6.92 Å². The smallest absolute Gasteiger partial charge is 0.196 e. The van der Waals surface area contributed by atoms with E-state index < -0.39 is 0 Å². The van der Waals surface area contributed by atoms with E-state index in [9.17, 15) is 0 Å². The van der Waals surface area contributed by atoms with Gasteiger partial charge in [0.05, 0.1) is 29.7 Å². The Hall–Kier alpha value is -2.21. The zero-order valence-corrected chi connectivity index (χ0v) is 10.7. The van der Waals surface area contributed by atoms with Crippen molar-refractivity contribution < 1.29 is 4.42 Å². The molecule has 0 amide bonds. The maximum atomic E-state index is 5.75. The zero-order valence-electron chi connectivity index (χ0n) is 10.7. The van der Waals surface area contributed by atoms with Crippen molar-refractivity contribution in [3.05, 3.63) is 36.9 Å². The predicted octanol–water partition coefficient (Wildman–Crippen LogP) is 1.54. The molecule has 0 aromatic carbocycles. The van der Waals surface area contributed by atoms with E-state index in [-0.39, 0.29) is 0 Å². The number of hydrogen-bond donors (Lipinski definition) is 1. The van der Waals surface area contributed by atoms with Crippen LogP contribution in [-0.2, 0) is 6.42 Å². The van der Waals surface area contributed by atoms with Gasteiger partial charge in [0, 0.05) is 25.4 Å². The fraction of sp³-hybridized carbons (Fsp3) is 0.308. The van der Waals surface area contributed by atoms with Crippen molar-refractivity contribution in [1.82, 2.24) is 24.9 Å². The van der Waals surface area contributed by atoms with Crippen LogP contribution < -0.4 is 5.32 Å². The summed E-state index contributed by atoms with van der Waals surface area (Å²) in [6.45, 7) is 3.90. The minimum absolute atomic E-state index is 0.731. The lowest BCUT2D eigenvalue weighted by Gasteiger charge is -1.97. The van der Waals surface area contributed by atoms with Crippen LogP contribution in [0.2, 0.25) is 0 Å². The Balaban J connectivity index is 1.86. The summed E-state index contributed by atoms with van der Waals surface area (Å²) in [7, 11) is 0. The Kier molecular flexibility index (Phi) is 3.24. The van der Waals surface area contributed by atoms with Crippen LogP contribution in [0.3, 0.4) is 0 Å². The van der Waals surface area contributed by atoms with Crippen molar-refractivity contribution in [2.45, 2.75) is 13.3 Å². The third-order valence-electron chi connectivity index (χ3n) is 2.91. The fourth-order valence-electron chi connectivity index (χ4n) is 1.95. The summed E-state index contributed by atoms with van der Waals surface area (Å²) >= 11 is 0. The van der Waals surface area contributed by atoms with Crippen LogP contribution in [-0.4, -0.2) is 32.7 Å². The van der Waals surface area contributed by atoms with Gasteiger partial charge in [-0.15, -0.1) is 0 Å². The molecule has 0 saturated heterocycles.